The molecule has 2 aromatic heterocycles. The monoisotopic (exact) mass is 545 g/mol. The van der Waals surface area contributed by atoms with Gasteiger partial charge in [-0.1, -0.05) is 22.0 Å². The molecule has 2 aromatic carbocycles. The van der Waals surface area contributed by atoms with Crippen LogP contribution in [0.4, 0.5) is 11.4 Å². The fourth-order valence-corrected chi connectivity index (χ4v) is 5.55. The first-order valence-corrected chi connectivity index (χ1v) is 12.8. The van der Waals surface area contributed by atoms with Gasteiger partial charge in [-0.15, -0.1) is 0 Å². The van der Waals surface area contributed by atoms with Crippen LogP contribution in [0.5, 0.6) is 0 Å². The van der Waals surface area contributed by atoms with Crippen LogP contribution in [-0.4, -0.2) is 28.8 Å². The predicted octanol–water partition coefficient (Wildman–Crippen LogP) is 6.49. The van der Waals surface area contributed by atoms with Gasteiger partial charge >= 0.3 is 0 Å². The van der Waals surface area contributed by atoms with E-state index in [1.165, 1.54) is 17.0 Å². The Morgan fingerprint density at radius 1 is 0.943 bits per heavy atom. The Morgan fingerprint density at radius 3 is 2.26 bits per heavy atom. The first-order valence-electron chi connectivity index (χ1n) is 11.6. The molecule has 35 heavy (non-hydrogen) atoms. The highest BCUT2D eigenvalue weighted by molar-refractivity contribution is 9.10. The van der Waals surface area contributed by atoms with Crippen molar-refractivity contribution >= 4 is 44.6 Å². The quantitative estimate of drug-likeness (QED) is 0.290. The Balaban J connectivity index is 1.65. The van der Waals surface area contributed by atoms with Crippen LogP contribution >= 0.6 is 28.1 Å². The highest BCUT2D eigenvalue weighted by Gasteiger charge is 2.42. The lowest BCUT2D eigenvalue weighted by atomic mass is 9.96. The molecule has 5 rings (SSSR count). The Morgan fingerprint density at radius 2 is 1.63 bits per heavy atom. The molecule has 0 amide bonds. The van der Waals surface area contributed by atoms with Crippen LogP contribution in [0.15, 0.2) is 83.5 Å². The highest BCUT2D eigenvalue weighted by Crippen LogP contribution is 2.44. The maximum atomic E-state index is 5.92. The zero-order valence-corrected chi connectivity index (χ0v) is 22.6. The van der Waals surface area contributed by atoms with E-state index in [9.17, 15) is 0 Å². The summed E-state index contributed by atoms with van der Waals surface area (Å²) in [5.41, 5.74) is 7.92. The van der Waals surface area contributed by atoms with Crippen LogP contribution in [0.1, 0.15) is 34.7 Å². The first-order chi connectivity index (χ1) is 16.8. The van der Waals surface area contributed by atoms with E-state index in [0.29, 0.717) is 5.11 Å². The van der Waals surface area contributed by atoms with Crippen LogP contribution in [0.3, 0.4) is 0 Å². The second kappa shape index (κ2) is 9.47. The van der Waals surface area contributed by atoms with Gasteiger partial charge in [0.25, 0.3) is 0 Å². The van der Waals surface area contributed by atoms with Crippen LogP contribution in [0.2, 0.25) is 0 Å². The molecule has 4 aromatic rings. The van der Waals surface area contributed by atoms with Crippen molar-refractivity contribution in [2.24, 2.45) is 0 Å². The van der Waals surface area contributed by atoms with Crippen molar-refractivity contribution in [1.29, 1.82) is 0 Å². The predicted molar refractivity (Wildman–Crippen MR) is 152 cm³/mol. The number of nitrogens with zero attached hydrogens (tertiary/aromatic N) is 4. The van der Waals surface area contributed by atoms with Gasteiger partial charge in [-0.05, 0) is 98.4 Å². The molecule has 178 valence electrons. The minimum absolute atomic E-state index is 0.0435. The van der Waals surface area contributed by atoms with Gasteiger partial charge in [0.05, 0.1) is 17.8 Å². The summed E-state index contributed by atoms with van der Waals surface area (Å²) in [6, 6.07) is 25.2. The molecule has 0 aliphatic carbocycles. The molecule has 1 saturated heterocycles. The largest absolute Gasteiger partial charge is 0.378 e. The third-order valence-electron chi connectivity index (χ3n) is 6.62. The van der Waals surface area contributed by atoms with Crippen molar-refractivity contribution in [3.8, 4) is 5.69 Å². The van der Waals surface area contributed by atoms with Gasteiger partial charge in [-0.25, -0.2) is 0 Å². The number of aryl methyl sites for hydroxylation is 1. The van der Waals surface area contributed by atoms with E-state index >= 15 is 0 Å². The maximum Gasteiger partial charge on any atom is 0.174 e. The number of pyridine rings is 1. The lowest BCUT2D eigenvalue weighted by Crippen LogP contribution is -2.29. The van der Waals surface area contributed by atoms with Crippen molar-refractivity contribution in [3.63, 3.8) is 0 Å². The standard InChI is InChI=1S/C28H28BrN5S/c1-18-17-24(19(2)33(18)22-10-8-20(29)9-11-22)27-26(25-7-5-6-16-30-25)31-28(35)34(27)23-14-12-21(13-15-23)32(3)4/h5-17,26-27H,1-4H3,(H,31,35)/t26-,27+/m0/s1. The van der Waals surface area contributed by atoms with Crippen LogP contribution < -0.4 is 15.1 Å². The Hall–Kier alpha value is -3.16. The zero-order chi connectivity index (χ0) is 24.7. The summed E-state index contributed by atoms with van der Waals surface area (Å²) < 4.78 is 3.38. The number of nitrogens with one attached hydrogen (secondary N) is 1. The molecule has 7 heteroatoms. The number of rotatable bonds is 5. The Labute approximate surface area is 220 Å². The fourth-order valence-electron chi connectivity index (χ4n) is 4.93. The summed E-state index contributed by atoms with van der Waals surface area (Å²) in [6.07, 6.45) is 1.84. The third kappa shape index (κ3) is 4.34. The lowest BCUT2D eigenvalue weighted by molar-refractivity contribution is 0.565. The second-order valence-corrected chi connectivity index (χ2v) is 10.3. The van der Waals surface area contributed by atoms with Gasteiger partial charge in [0.2, 0.25) is 0 Å². The molecule has 0 bridgehead atoms. The molecule has 3 heterocycles. The highest BCUT2D eigenvalue weighted by atomic mass is 79.9. The summed E-state index contributed by atoms with van der Waals surface area (Å²) in [5, 5.41) is 4.28. The van der Waals surface area contributed by atoms with Crippen molar-refractivity contribution in [2.75, 3.05) is 23.9 Å². The molecular formula is C28H28BrN5S. The minimum atomic E-state index is -0.0731. The van der Waals surface area contributed by atoms with Gasteiger partial charge in [-0.2, -0.15) is 0 Å². The van der Waals surface area contributed by atoms with E-state index < -0.39 is 0 Å². The summed E-state index contributed by atoms with van der Waals surface area (Å²) >= 11 is 9.47. The second-order valence-electron chi connectivity index (χ2n) is 9.05. The molecule has 1 N–H and O–H groups in total. The lowest BCUT2D eigenvalue weighted by Gasteiger charge is -2.28. The van der Waals surface area contributed by atoms with Gasteiger partial charge in [0.1, 0.15) is 0 Å². The molecule has 0 saturated carbocycles. The van der Waals surface area contributed by atoms with Gasteiger partial charge in [-0.3, -0.25) is 4.98 Å². The van der Waals surface area contributed by atoms with Crippen LogP contribution in [-0.2, 0) is 0 Å². The summed E-state index contributed by atoms with van der Waals surface area (Å²) in [6.45, 7) is 4.35. The molecule has 0 radical (unpaired) electrons. The van der Waals surface area contributed by atoms with Crippen LogP contribution in [0, 0.1) is 13.8 Å². The number of thiocarbonyl (C=S) groups is 1. The SMILES string of the molecule is Cc1cc([C@@H]2[C@H](c3ccccn3)NC(=S)N2c2ccc(N(C)C)cc2)c(C)n1-c1ccc(Br)cc1. The third-order valence-corrected chi connectivity index (χ3v) is 7.46. The fraction of sp³-hybridized carbons (Fsp3) is 0.214. The van der Waals surface area contributed by atoms with Crippen molar-refractivity contribution in [2.45, 2.75) is 25.9 Å². The molecule has 0 unspecified atom stereocenters. The number of benzene rings is 2. The number of hydrogen-bond acceptors (Lipinski definition) is 3. The van der Waals surface area contributed by atoms with Gasteiger partial charge in [0, 0.05) is 53.2 Å². The molecule has 1 fully saturated rings. The number of aromatic nitrogens is 2. The van der Waals surface area contributed by atoms with E-state index in [2.05, 4.69) is 110 Å². The summed E-state index contributed by atoms with van der Waals surface area (Å²) in [4.78, 5) is 9.04. The van der Waals surface area contributed by atoms with Crippen molar-refractivity contribution in [3.05, 3.63) is 106 Å². The average molecular weight is 547 g/mol. The number of anilines is 2. The normalized spacial score (nSPS) is 17.5. The Bertz CT molecular complexity index is 1350. The van der Waals surface area contributed by atoms with Crippen molar-refractivity contribution < 1.29 is 0 Å². The van der Waals surface area contributed by atoms with E-state index in [4.69, 9.17) is 17.2 Å². The molecule has 0 spiro atoms. The summed E-state index contributed by atoms with van der Waals surface area (Å²) in [7, 11) is 4.10. The number of hydrogen-bond donors (Lipinski definition) is 1. The molecule has 1 aliphatic rings. The first kappa shape index (κ1) is 23.6. The smallest absolute Gasteiger partial charge is 0.174 e. The van der Waals surface area contributed by atoms with E-state index in [0.717, 1.165) is 27.2 Å². The van der Waals surface area contributed by atoms with E-state index in [1.54, 1.807) is 0 Å². The number of halogens is 1. The molecule has 5 nitrogen and oxygen atoms in total. The zero-order valence-electron chi connectivity index (χ0n) is 20.2. The molecule has 2 atom stereocenters. The minimum Gasteiger partial charge on any atom is -0.378 e. The average Bonchev–Trinajstić information content (AvgIpc) is 3.35. The molecule has 1 aliphatic heterocycles. The molecular weight excluding hydrogens is 518 g/mol. The maximum absolute atomic E-state index is 5.92. The van der Waals surface area contributed by atoms with Crippen molar-refractivity contribution in [1.82, 2.24) is 14.9 Å². The van der Waals surface area contributed by atoms with Crippen LogP contribution in [0.25, 0.3) is 5.69 Å². The van der Waals surface area contributed by atoms with E-state index in [1.807, 2.05) is 32.4 Å². The summed E-state index contributed by atoms with van der Waals surface area (Å²) in [5.74, 6) is 0. The van der Waals surface area contributed by atoms with Gasteiger partial charge < -0.3 is 19.7 Å². The topological polar surface area (TPSA) is 36.3 Å². The van der Waals surface area contributed by atoms with Gasteiger partial charge in [0.15, 0.2) is 5.11 Å². The van der Waals surface area contributed by atoms with E-state index in [-0.39, 0.29) is 12.1 Å². The Kier molecular flexibility index (Phi) is 6.38.